The predicted molar refractivity (Wildman–Crippen MR) is 102 cm³/mol. The van der Waals surface area contributed by atoms with Gasteiger partial charge < -0.3 is 24.7 Å². The third kappa shape index (κ3) is 2.82. The lowest BCUT2D eigenvalue weighted by Gasteiger charge is -2.39. The number of rotatable bonds is 4. The van der Waals surface area contributed by atoms with Gasteiger partial charge in [-0.25, -0.2) is 0 Å². The molecule has 2 aromatic carbocycles. The van der Waals surface area contributed by atoms with Gasteiger partial charge in [0.1, 0.15) is 11.5 Å². The largest absolute Gasteiger partial charge is 0.545 e. The lowest BCUT2D eigenvalue weighted by Crippen LogP contribution is -2.33. The Labute approximate surface area is 162 Å². The Morgan fingerprint density at radius 1 is 1.22 bits per heavy atom. The molecule has 0 fully saturated rings. The van der Waals surface area contributed by atoms with E-state index in [1.807, 2.05) is 18.2 Å². The molecule has 4 rings (SSSR count). The number of carbonyl (C=O) groups is 1. The molecule has 0 bridgehead atoms. The summed E-state index contributed by atoms with van der Waals surface area (Å²) in [5.74, 6) is 0.357. The molecular formula is C21H19ClNO4-. The van der Waals surface area contributed by atoms with Crippen LogP contribution in [0.1, 0.15) is 39.9 Å². The van der Waals surface area contributed by atoms with Crippen molar-refractivity contribution in [1.29, 1.82) is 0 Å². The zero-order chi connectivity index (χ0) is 19.1. The summed E-state index contributed by atoms with van der Waals surface area (Å²) in [5, 5.41) is 15.6. The molecule has 0 spiro atoms. The van der Waals surface area contributed by atoms with E-state index in [0.29, 0.717) is 16.3 Å². The topological polar surface area (TPSA) is 70.6 Å². The molecule has 2 aliphatic rings. The molecule has 0 radical (unpaired) electrons. The highest BCUT2D eigenvalue weighted by Gasteiger charge is 2.41. The number of carboxylic acid groups (broad SMARTS) is 1. The van der Waals surface area contributed by atoms with E-state index in [0.717, 1.165) is 23.5 Å². The quantitative estimate of drug-likeness (QED) is 0.816. The summed E-state index contributed by atoms with van der Waals surface area (Å²) in [6, 6.07) is 8.70. The minimum atomic E-state index is -1.19. The van der Waals surface area contributed by atoms with Gasteiger partial charge in [0, 0.05) is 17.0 Å². The first-order chi connectivity index (χ1) is 13.0. The first kappa shape index (κ1) is 17.7. The molecule has 1 heterocycles. The molecular weight excluding hydrogens is 366 g/mol. The van der Waals surface area contributed by atoms with Crippen molar-refractivity contribution in [2.75, 3.05) is 19.5 Å². The van der Waals surface area contributed by atoms with Gasteiger partial charge in [-0.1, -0.05) is 29.8 Å². The van der Waals surface area contributed by atoms with E-state index in [9.17, 15) is 9.90 Å². The number of allylic oxidation sites excluding steroid dienone is 2. The van der Waals surface area contributed by atoms with Gasteiger partial charge in [-0.2, -0.15) is 0 Å². The minimum Gasteiger partial charge on any atom is -0.545 e. The standard InChI is InChI=1S/C21H20ClNO4/c1-26-11-6-9-17(27-2)15(10-11)19-13-5-3-4-12(13)18-14(21(24)25)7-8-16(22)20(18)23-19/h3-4,6-10,12-13,19,23H,5H2,1-2H3,(H,24,25)/p-1/t12-,13+,19-/m0/s1. The lowest BCUT2D eigenvalue weighted by molar-refractivity contribution is -0.255. The molecule has 0 unspecified atom stereocenters. The van der Waals surface area contributed by atoms with Crippen LogP contribution in [0.5, 0.6) is 11.5 Å². The molecule has 1 N–H and O–H groups in total. The minimum absolute atomic E-state index is 0.0613. The Balaban J connectivity index is 1.89. The van der Waals surface area contributed by atoms with Crippen LogP contribution in [0.25, 0.3) is 0 Å². The maximum absolute atomic E-state index is 11.7. The Morgan fingerprint density at radius 2 is 2.04 bits per heavy atom. The van der Waals surface area contributed by atoms with Crippen molar-refractivity contribution in [2.24, 2.45) is 5.92 Å². The molecule has 5 nitrogen and oxygen atoms in total. The zero-order valence-electron chi connectivity index (χ0n) is 15.0. The molecule has 27 heavy (non-hydrogen) atoms. The fourth-order valence-corrected chi connectivity index (χ4v) is 4.46. The highest BCUT2D eigenvalue weighted by Crippen LogP contribution is 2.54. The number of ether oxygens (including phenoxy) is 2. The molecule has 0 saturated carbocycles. The van der Waals surface area contributed by atoms with Crippen LogP contribution in [0.4, 0.5) is 5.69 Å². The van der Waals surface area contributed by atoms with Gasteiger partial charge in [0.05, 0.1) is 36.9 Å². The van der Waals surface area contributed by atoms with Crippen molar-refractivity contribution in [3.63, 3.8) is 0 Å². The SMILES string of the molecule is COc1ccc(OC)c([C@H]2Nc3c(Cl)ccc(C(=O)[O-])c3[C@H]3C=CC[C@H]32)c1. The van der Waals surface area contributed by atoms with Gasteiger partial charge in [0.15, 0.2) is 0 Å². The summed E-state index contributed by atoms with van der Waals surface area (Å²) in [5.41, 5.74) is 2.47. The monoisotopic (exact) mass is 384 g/mol. The van der Waals surface area contributed by atoms with E-state index >= 15 is 0 Å². The fraction of sp³-hybridized carbons (Fsp3) is 0.286. The maximum Gasteiger partial charge on any atom is 0.124 e. The van der Waals surface area contributed by atoms with Gasteiger partial charge in [-0.05, 0) is 42.2 Å². The number of aromatic carboxylic acids is 1. The smallest absolute Gasteiger partial charge is 0.124 e. The van der Waals surface area contributed by atoms with E-state index in [4.69, 9.17) is 21.1 Å². The molecule has 1 aliphatic carbocycles. The van der Waals surface area contributed by atoms with Gasteiger partial charge >= 0.3 is 0 Å². The number of carboxylic acids is 1. The second-order valence-electron chi connectivity index (χ2n) is 6.75. The van der Waals surface area contributed by atoms with E-state index in [1.165, 1.54) is 6.07 Å². The number of carbonyl (C=O) groups excluding carboxylic acids is 1. The number of benzene rings is 2. The second kappa shape index (κ2) is 6.82. The zero-order valence-corrected chi connectivity index (χ0v) is 15.7. The molecule has 0 saturated heterocycles. The molecule has 6 heteroatoms. The lowest BCUT2D eigenvalue weighted by atomic mass is 9.75. The normalized spacial score (nSPS) is 22.6. The number of hydrogen-bond acceptors (Lipinski definition) is 5. The third-order valence-corrected chi connectivity index (χ3v) is 5.78. The summed E-state index contributed by atoms with van der Waals surface area (Å²) in [4.78, 5) is 11.7. The summed E-state index contributed by atoms with van der Waals surface area (Å²) < 4.78 is 11.0. The van der Waals surface area contributed by atoms with Gasteiger partial charge in [0.25, 0.3) is 0 Å². The molecule has 3 atom stereocenters. The Morgan fingerprint density at radius 3 is 2.74 bits per heavy atom. The van der Waals surface area contributed by atoms with E-state index in [2.05, 4.69) is 17.5 Å². The summed E-state index contributed by atoms with van der Waals surface area (Å²) >= 11 is 6.44. The van der Waals surface area contributed by atoms with Crippen molar-refractivity contribution in [1.82, 2.24) is 0 Å². The fourth-order valence-electron chi connectivity index (χ4n) is 4.24. The van der Waals surface area contributed by atoms with Crippen molar-refractivity contribution in [3.8, 4) is 11.5 Å². The molecule has 140 valence electrons. The number of nitrogens with one attached hydrogen (secondary N) is 1. The highest BCUT2D eigenvalue weighted by molar-refractivity contribution is 6.33. The average Bonchev–Trinajstić information content (AvgIpc) is 3.17. The third-order valence-electron chi connectivity index (χ3n) is 5.46. The molecule has 0 amide bonds. The van der Waals surface area contributed by atoms with Gasteiger partial charge in [-0.3, -0.25) is 0 Å². The Bertz CT molecular complexity index is 940. The van der Waals surface area contributed by atoms with Crippen LogP contribution in [0, 0.1) is 5.92 Å². The molecule has 0 aromatic heterocycles. The molecule has 1 aliphatic heterocycles. The van der Waals surface area contributed by atoms with Gasteiger partial charge in [-0.15, -0.1) is 0 Å². The highest BCUT2D eigenvalue weighted by atomic mass is 35.5. The summed E-state index contributed by atoms with van der Waals surface area (Å²) in [6.07, 6.45) is 4.97. The van der Waals surface area contributed by atoms with Crippen LogP contribution in [0.15, 0.2) is 42.5 Å². The number of anilines is 1. The van der Waals surface area contributed by atoms with E-state index in [-0.39, 0.29) is 23.4 Å². The van der Waals surface area contributed by atoms with E-state index < -0.39 is 5.97 Å². The van der Waals surface area contributed by atoms with Crippen molar-refractivity contribution in [2.45, 2.75) is 18.4 Å². The number of halogens is 1. The Kier molecular flexibility index (Phi) is 4.48. The molecule has 2 aromatic rings. The maximum atomic E-state index is 11.7. The Hall–Kier alpha value is -2.66. The van der Waals surface area contributed by atoms with Crippen molar-refractivity contribution in [3.05, 3.63) is 64.2 Å². The number of methoxy groups -OCH3 is 2. The second-order valence-corrected chi connectivity index (χ2v) is 7.16. The first-order valence-corrected chi connectivity index (χ1v) is 9.11. The van der Waals surface area contributed by atoms with Crippen LogP contribution in [-0.2, 0) is 0 Å². The van der Waals surface area contributed by atoms with Crippen LogP contribution in [0.3, 0.4) is 0 Å². The summed E-state index contributed by atoms with van der Waals surface area (Å²) in [6.45, 7) is 0. The first-order valence-electron chi connectivity index (χ1n) is 8.74. The van der Waals surface area contributed by atoms with Crippen LogP contribution >= 0.6 is 11.6 Å². The van der Waals surface area contributed by atoms with E-state index in [1.54, 1.807) is 20.3 Å². The summed E-state index contributed by atoms with van der Waals surface area (Å²) in [7, 11) is 3.26. The van der Waals surface area contributed by atoms with Crippen LogP contribution in [-0.4, -0.2) is 20.2 Å². The van der Waals surface area contributed by atoms with Crippen LogP contribution in [0.2, 0.25) is 5.02 Å². The van der Waals surface area contributed by atoms with Crippen molar-refractivity contribution < 1.29 is 19.4 Å². The predicted octanol–water partition coefficient (Wildman–Crippen LogP) is 3.55. The van der Waals surface area contributed by atoms with Crippen LogP contribution < -0.4 is 19.9 Å². The number of hydrogen-bond donors (Lipinski definition) is 1. The number of fused-ring (bicyclic) bond motifs is 3. The van der Waals surface area contributed by atoms with Crippen molar-refractivity contribution >= 4 is 23.3 Å². The van der Waals surface area contributed by atoms with Gasteiger partial charge in [0.2, 0.25) is 0 Å². The average molecular weight is 385 g/mol.